The predicted octanol–water partition coefficient (Wildman–Crippen LogP) is 4.45. The molecule has 0 heterocycles. The molecule has 0 amide bonds. The molecule has 84 valence electrons. The van der Waals surface area contributed by atoms with Gasteiger partial charge in [0.05, 0.1) is 11.6 Å². The standard InChI is InChI=1S/C14H17NS/c1-3-5-14(16-4-2)10-12-6-8-13(11-15)9-7-12/h6-10H,3-5H2,1-2H3/b14-10+. The Balaban J connectivity index is 2.81. The van der Waals surface area contributed by atoms with Crippen LogP contribution >= 0.6 is 11.8 Å². The molecule has 1 rings (SSSR count). The van der Waals surface area contributed by atoms with Crippen LogP contribution in [0.25, 0.3) is 6.08 Å². The summed E-state index contributed by atoms with van der Waals surface area (Å²) in [6.45, 7) is 4.37. The highest BCUT2D eigenvalue weighted by molar-refractivity contribution is 8.03. The lowest BCUT2D eigenvalue weighted by Crippen LogP contribution is -1.81. The van der Waals surface area contributed by atoms with Crippen LogP contribution in [0.15, 0.2) is 29.2 Å². The third-order valence-corrected chi connectivity index (χ3v) is 3.18. The van der Waals surface area contributed by atoms with E-state index in [2.05, 4.69) is 26.0 Å². The minimum absolute atomic E-state index is 0.720. The molecule has 1 aromatic carbocycles. The lowest BCUT2D eigenvalue weighted by atomic mass is 10.1. The summed E-state index contributed by atoms with van der Waals surface area (Å²) in [5.41, 5.74) is 1.90. The summed E-state index contributed by atoms with van der Waals surface area (Å²) in [6, 6.07) is 9.87. The van der Waals surface area contributed by atoms with Crippen LogP contribution in [0.1, 0.15) is 37.8 Å². The maximum absolute atomic E-state index is 8.71. The second kappa shape index (κ2) is 7.14. The lowest BCUT2D eigenvalue weighted by Gasteiger charge is -2.04. The Labute approximate surface area is 102 Å². The topological polar surface area (TPSA) is 23.8 Å². The molecule has 0 spiro atoms. The zero-order chi connectivity index (χ0) is 11.8. The number of nitrogens with zero attached hydrogens (tertiary/aromatic N) is 1. The predicted molar refractivity (Wildman–Crippen MR) is 72.2 cm³/mol. The number of thioether (sulfide) groups is 1. The Bertz CT molecular complexity index is 376. The first kappa shape index (κ1) is 12.9. The molecular weight excluding hydrogens is 214 g/mol. The van der Waals surface area contributed by atoms with E-state index >= 15 is 0 Å². The fraction of sp³-hybridized carbons (Fsp3) is 0.357. The number of allylic oxidation sites excluding steroid dienone is 1. The first-order chi connectivity index (χ1) is 7.80. The van der Waals surface area contributed by atoms with Crippen LogP contribution in [0.3, 0.4) is 0 Å². The van der Waals surface area contributed by atoms with Crippen LogP contribution in [0.4, 0.5) is 0 Å². The molecule has 0 aliphatic rings. The number of nitriles is 1. The monoisotopic (exact) mass is 231 g/mol. The van der Waals surface area contributed by atoms with Crippen molar-refractivity contribution < 1.29 is 0 Å². The van der Waals surface area contributed by atoms with Crippen LogP contribution in [0.2, 0.25) is 0 Å². The van der Waals surface area contributed by atoms with Gasteiger partial charge in [0, 0.05) is 0 Å². The molecule has 0 unspecified atom stereocenters. The van der Waals surface area contributed by atoms with Gasteiger partial charge in [-0.1, -0.05) is 32.4 Å². The zero-order valence-corrected chi connectivity index (χ0v) is 10.7. The van der Waals surface area contributed by atoms with Gasteiger partial charge in [-0.05, 0) is 40.9 Å². The number of benzene rings is 1. The van der Waals surface area contributed by atoms with Crippen molar-refractivity contribution in [2.75, 3.05) is 5.75 Å². The van der Waals surface area contributed by atoms with Gasteiger partial charge in [-0.15, -0.1) is 11.8 Å². The second-order valence-electron chi connectivity index (χ2n) is 3.53. The van der Waals surface area contributed by atoms with E-state index in [0.717, 1.165) is 17.7 Å². The molecule has 2 heteroatoms. The van der Waals surface area contributed by atoms with E-state index in [9.17, 15) is 0 Å². The molecule has 0 fully saturated rings. The van der Waals surface area contributed by atoms with Crippen molar-refractivity contribution in [2.24, 2.45) is 0 Å². The minimum atomic E-state index is 0.720. The van der Waals surface area contributed by atoms with E-state index in [1.54, 1.807) is 0 Å². The van der Waals surface area contributed by atoms with E-state index in [-0.39, 0.29) is 0 Å². The van der Waals surface area contributed by atoms with Crippen LogP contribution in [-0.4, -0.2) is 5.75 Å². The highest BCUT2D eigenvalue weighted by Crippen LogP contribution is 2.23. The van der Waals surface area contributed by atoms with Gasteiger partial charge < -0.3 is 0 Å². The second-order valence-corrected chi connectivity index (χ2v) is 4.92. The summed E-state index contributed by atoms with van der Waals surface area (Å²) >= 11 is 1.90. The summed E-state index contributed by atoms with van der Waals surface area (Å²) in [4.78, 5) is 1.43. The number of rotatable bonds is 5. The molecule has 0 N–H and O–H groups in total. The van der Waals surface area contributed by atoms with Crippen molar-refractivity contribution in [3.05, 3.63) is 40.3 Å². The van der Waals surface area contributed by atoms with E-state index in [1.165, 1.54) is 16.9 Å². The molecule has 0 aromatic heterocycles. The van der Waals surface area contributed by atoms with Crippen molar-refractivity contribution in [2.45, 2.75) is 26.7 Å². The Kier molecular flexibility index (Phi) is 5.74. The fourth-order valence-corrected chi connectivity index (χ4v) is 2.40. The molecule has 0 bridgehead atoms. The van der Waals surface area contributed by atoms with Crippen LogP contribution in [0, 0.1) is 11.3 Å². The lowest BCUT2D eigenvalue weighted by molar-refractivity contribution is 0.951. The number of hydrogen-bond acceptors (Lipinski definition) is 2. The van der Waals surface area contributed by atoms with E-state index in [0.29, 0.717) is 0 Å². The van der Waals surface area contributed by atoms with Crippen LogP contribution in [0.5, 0.6) is 0 Å². The van der Waals surface area contributed by atoms with E-state index in [1.807, 2.05) is 36.0 Å². The third kappa shape index (κ3) is 4.12. The Hall–Kier alpha value is -1.20. The van der Waals surface area contributed by atoms with Crippen LogP contribution < -0.4 is 0 Å². The molecular formula is C14H17NS. The largest absolute Gasteiger partial charge is 0.192 e. The van der Waals surface area contributed by atoms with Gasteiger partial charge in [-0.25, -0.2) is 0 Å². The molecule has 0 aliphatic carbocycles. The Morgan fingerprint density at radius 2 is 2.00 bits per heavy atom. The molecule has 1 aromatic rings. The maximum Gasteiger partial charge on any atom is 0.0991 e. The first-order valence-corrected chi connectivity index (χ1v) is 6.62. The Morgan fingerprint density at radius 3 is 2.50 bits per heavy atom. The normalized spacial score (nSPS) is 11.2. The maximum atomic E-state index is 8.71. The van der Waals surface area contributed by atoms with E-state index < -0.39 is 0 Å². The van der Waals surface area contributed by atoms with Crippen molar-refractivity contribution in [3.63, 3.8) is 0 Å². The van der Waals surface area contributed by atoms with Crippen molar-refractivity contribution in [1.29, 1.82) is 5.26 Å². The van der Waals surface area contributed by atoms with Gasteiger partial charge in [0.25, 0.3) is 0 Å². The molecule has 16 heavy (non-hydrogen) atoms. The summed E-state index contributed by atoms with van der Waals surface area (Å²) in [5.74, 6) is 1.11. The molecule has 0 saturated carbocycles. The molecule has 1 nitrogen and oxygen atoms in total. The first-order valence-electron chi connectivity index (χ1n) is 5.63. The molecule has 0 radical (unpaired) electrons. The van der Waals surface area contributed by atoms with Gasteiger partial charge in [-0.3, -0.25) is 0 Å². The van der Waals surface area contributed by atoms with Gasteiger partial charge in [0.1, 0.15) is 0 Å². The van der Waals surface area contributed by atoms with Crippen LogP contribution in [-0.2, 0) is 0 Å². The SMILES string of the molecule is CCC/C(=C\c1ccc(C#N)cc1)SCC. The molecule has 0 atom stereocenters. The highest BCUT2D eigenvalue weighted by atomic mass is 32.2. The average Bonchev–Trinajstić information content (AvgIpc) is 2.31. The minimum Gasteiger partial charge on any atom is -0.192 e. The molecule has 0 aliphatic heterocycles. The third-order valence-electron chi connectivity index (χ3n) is 2.19. The zero-order valence-electron chi connectivity index (χ0n) is 9.86. The fourth-order valence-electron chi connectivity index (χ4n) is 1.46. The summed E-state index contributed by atoms with van der Waals surface area (Å²) in [7, 11) is 0. The quantitative estimate of drug-likeness (QED) is 0.747. The van der Waals surface area contributed by atoms with Crippen molar-refractivity contribution in [1.82, 2.24) is 0 Å². The van der Waals surface area contributed by atoms with Gasteiger partial charge in [0.15, 0.2) is 0 Å². The van der Waals surface area contributed by atoms with Crippen molar-refractivity contribution in [3.8, 4) is 6.07 Å². The van der Waals surface area contributed by atoms with Gasteiger partial charge in [0.2, 0.25) is 0 Å². The summed E-state index contributed by atoms with van der Waals surface area (Å²) < 4.78 is 0. The van der Waals surface area contributed by atoms with Gasteiger partial charge in [-0.2, -0.15) is 5.26 Å². The summed E-state index contributed by atoms with van der Waals surface area (Å²) in [5, 5.41) is 8.71. The smallest absolute Gasteiger partial charge is 0.0991 e. The van der Waals surface area contributed by atoms with Crippen molar-refractivity contribution >= 4 is 17.8 Å². The average molecular weight is 231 g/mol. The Morgan fingerprint density at radius 1 is 1.31 bits per heavy atom. The van der Waals surface area contributed by atoms with Gasteiger partial charge >= 0.3 is 0 Å². The molecule has 0 saturated heterocycles. The van der Waals surface area contributed by atoms with E-state index in [4.69, 9.17) is 5.26 Å². The highest BCUT2D eigenvalue weighted by Gasteiger charge is 1.97. The summed E-state index contributed by atoms with van der Waals surface area (Å²) in [6.07, 6.45) is 4.53. The number of hydrogen-bond donors (Lipinski definition) is 0.